The van der Waals surface area contributed by atoms with Crippen molar-refractivity contribution in [3.63, 3.8) is 0 Å². The Kier molecular flexibility index (Phi) is 10.1. The Morgan fingerprint density at radius 3 is 2.40 bits per heavy atom. The molecule has 4 rings (SSSR count). The number of nitrogens with zero attached hydrogens (tertiary/aromatic N) is 4. The molecule has 1 fully saturated rings. The molecule has 4 heterocycles. The van der Waals surface area contributed by atoms with E-state index >= 15 is 4.39 Å². The number of alkyl halides is 1. The molecule has 0 aliphatic carbocycles. The molecule has 0 radical (unpaired) electrons. The molecule has 1 aliphatic heterocycles. The minimum absolute atomic E-state index is 0.0282. The standard InChI is InChI=1S/C29H37F2N7O6S/c1-28(2,3)43-26(40)35-18-8-9-20(42-14-17(18)31)22-19(13-33-38(22)7)34-23(39)21-25(37-27(41)44-29(4,5)6)45-24(36-21)15-10-11-32-12-16(15)30/h10-13,17-18,20H,8-9,14H2,1-7H3,(H,34,39)(H,35,40)(H,37,41)/t17-,18+,20-/m0/s1. The first-order chi connectivity index (χ1) is 21.0. The van der Waals surface area contributed by atoms with Crippen LogP contribution >= 0.6 is 11.3 Å². The fourth-order valence-corrected chi connectivity index (χ4v) is 5.46. The zero-order valence-corrected chi connectivity index (χ0v) is 26.9. The molecule has 0 unspecified atom stereocenters. The van der Waals surface area contributed by atoms with Gasteiger partial charge in [-0.2, -0.15) is 5.10 Å². The predicted molar refractivity (Wildman–Crippen MR) is 162 cm³/mol. The fraction of sp³-hybridized carbons (Fsp3) is 0.517. The van der Waals surface area contributed by atoms with E-state index in [9.17, 15) is 18.8 Å². The molecular weight excluding hydrogens is 612 g/mol. The van der Waals surface area contributed by atoms with Crippen LogP contribution in [-0.2, 0) is 21.3 Å². The van der Waals surface area contributed by atoms with Crippen molar-refractivity contribution in [1.29, 1.82) is 0 Å². The van der Waals surface area contributed by atoms with E-state index in [-0.39, 0.29) is 46.4 Å². The van der Waals surface area contributed by atoms with E-state index in [2.05, 4.69) is 31.0 Å². The van der Waals surface area contributed by atoms with E-state index < -0.39 is 53.4 Å². The van der Waals surface area contributed by atoms with Crippen LogP contribution in [0, 0.1) is 5.82 Å². The first kappa shape index (κ1) is 33.7. The van der Waals surface area contributed by atoms with Crippen LogP contribution < -0.4 is 16.0 Å². The molecule has 16 heteroatoms. The molecule has 3 amide bonds. The molecule has 0 bridgehead atoms. The van der Waals surface area contributed by atoms with Gasteiger partial charge in [0.1, 0.15) is 33.5 Å². The van der Waals surface area contributed by atoms with Gasteiger partial charge in [-0.15, -0.1) is 0 Å². The highest BCUT2D eigenvalue weighted by Gasteiger charge is 2.34. The van der Waals surface area contributed by atoms with Crippen molar-refractivity contribution >= 4 is 40.1 Å². The summed E-state index contributed by atoms with van der Waals surface area (Å²) in [6.07, 6.45) is 0.564. The lowest BCUT2D eigenvalue weighted by atomic mass is 10.0. The van der Waals surface area contributed by atoms with E-state index in [1.54, 1.807) is 48.6 Å². The maximum atomic E-state index is 15.0. The summed E-state index contributed by atoms with van der Waals surface area (Å²) in [7, 11) is 1.64. The van der Waals surface area contributed by atoms with Crippen molar-refractivity contribution in [2.75, 3.05) is 17.2 Å². The Morgan fingerprint density at radius 1 is 1.04 bits per heavy atom. The molecule has 3 aromatic heterocycles. The molecule has 1 saturated heterocycles. The highest BCUT2D eigenvalue weighted by molar-refractivity contribution is 7.19. The third-order valence-corrected chi connectivity index (χ3v) is 7.34. The highest BCUT2D eigenvalue weighted by Crippen LogP contribution is 2.36. The Bertz CT molecular complexity index is 1550. The van der Waals surface area contributed by atoms with Gasteiger partial charge in [0.2, 0.25) is 0 Å². The average molecular weight is 650 g/mol. The lowest BCUT2D eigenvalue weighted by molar-refractivity contribution is 0.0202. The number of anilines is 2. The number of hydrogen-bond acceptors (Lipinski definition) is 10. The fourth-order valence-electron chi connectivity index (χ4n) is 4.48. The smallest absolute Gasteiger partial charge is 0.412 e. The Labute approximate surface area is 263 Å². The minimum atomic E-state index is -1.50. The number of halogens is 2. The molecule has 0 aromatic carbocycles. The second kappa shape index (κ2) is 13.4. The molecule has 13 nitrogen and oxygen atoms in total. The van der Waals surface area contributed by atoms with Gasteiger partial charge < -0.3 is 24.8 Å². The molecule has 0 spiro atoms. The number of nitrogens with one attached hydrogen (secondary N) is 3. The van der Waals surface area contributed by atoms with Crippen molar-refractivity contribution in [2.24, 2.45) is 7.05 Å². The Balaban J connectivity index is 1.56. The summed E-state index contributed by atoms with van der Waals surface area (Å²) in [6.45, 7) is 9.88. The second-order valence-electron chi connectivity index (χ2n) is 12.4. The maximum Gasteiger partial charge on any atom is 0.412 e. The molecule has 0 saturated carbocycles. The number of carbonyl (C=O) groups is 3. The summed E-state index contributed by atoms with van der Waals surface area (Å²) in [5, 5.41) is 12.3. The summed E-state index contributed by atoms with van der Waals surface area (Å²) in [6, 6.07) is 0.554. The normalized spacial score (nSPS) is 18.9. The van der Waals surface area contributed by atoms with Crippen LogP contribution in [0.3, 0.4) is 0 Å². The van der Waals surface area contributed by atoms with E-state index in [0.717, 1.165) is 17.5 Å². The van der Waals surface area contributed by atoms with Crippen LogP contribution in [0.5, 0.6) is 0 Å². The third-order valence-electron chi connectivity index (χ3n) is 6.33. The van der Waals surface area contributed by atoms with E-state index in [0.29, 0.717) is 5.69 Å². The van der Waals surface area contributed by atoms with Crippen LogP contribution in [0.15, 0.2) is 24.7 Å². The number of hydrogen-bond donors (Lipinski definition) is 3. The van der Waals surface area contributed by atoms with Crippen LogP contribution in [0.2, 0.25) is 0 Å². The zero-order valence-electron chi connectivity index (χ0n) is 26.1. The topological polar surface area (TPSA) is 159 Å². The number of ether oxygens (including phenoxy) is 3. The SMILES string of the molecule is Cn1ncc(NC(=O)c2nc(-c3ccncc3F)sc2NC(=O)OC(C)(C)C)c1[C@@H]1CC[C@@H](NC(=O)OC(C)(C)C)[C@@H](F)CO1. The molecular formula is C29H37F2N7O6S. The molecule has 45 heavy (non-hydrogen) atoms. The van der Waals surface area contributed by atoms with E-state index in [1.165, 1.54) is 23.1 Å². The summed E-state index contributed by atoms with van der Waals surface area (Å²) in [5.74, 6) is -1.39. The third kappa shape index (κ3) is 8.94. The molecule has 1 aliphatic rings. The number of aryl methyl sites for hydroxylation is 1. The number of alkyl carbamates (subject to hydrolysis) is 1. The van der Waals surface area contributed by atoms with Crippen molar-refractivity contribution in [3.05, 3.63) is 41.9 Å². The maximum absolute atomic E-state index is 15.0. The van der Waals surface area contributed by atoms with Gasteiger partial charge >= 0.3 is 12.2 Å². The van der Waals surface area contributed by atoms with Gasteiger partial charge in [0.15, 0.2) is 11.5 Å². The van der Waals surface area contributed by atoms with E-state index in [4.69, 9.17) is 14.2 Å². The minimum Gasteiger partial charge on any atom is -0.444 e. The highest BCUT2D eigenvalue weighted by atomic mass is 32.1. The quantitative estimate of drug-likeness (QED) is 0.302. The van der Waals surface area contributed by atoms with Gasteiger partial charge in [-0.3, -0.25) is 19.8 Å². The largest absolute Gasteiger partial charge is 0.444 e. The van der Waals surface area contributed by atoms with Gasteiger partial charge in [0.05, 0.1) is 36.4 Å². The van der Waals surface area contributed by atoms with Crippen LogP contribution in [0.25, 0.3) is 10.6 Å². The number of rotatable bonds is 6. The lowest BCUT2D eigenvalue weighted by Crippen LogP contribution is -2.44. The van der Waals surface area contributed by atoms with Crippen LogP contribution in [0.1, 0.15) is 76.7 Å². The van der Waals surface area contributed by atoms with Crippen molar-refractivity contribution in [3.8, 4) is 10.6 Å². The van der Waals surface area contributed by atoms with Crippen molar-refractivity contribution < 1.29 is 37.4 Å². The summed E-state index contributed by atoms with van der Waals surface area (Å²) in [4.78, 5) is 46.6. The van der Waals surface area contributed by atoms with Crippen molar-refractivity contribution in [1.82, 2.24) is 25.1 Å². The monoisotopic (exact) mass is 649 g/mol. The van der Waals surface area contributed by atoms with Crippen molar-refractivity contribution in [2.45, 2.75) is 83.9 Å². The Hall–Kier alpha value is -4.18. The average Bonchev–Trinajstić information content (AvgIpc) is 3.43. The van der Waals surface area contributed by atoms with Gasteiger partial charge in [-0.25, -0.2) is 23.4 Å². The first-order valence-corrected chi connectivity index (χ1v) is 15.0. The van der Waals surface area contributed by atoms with Gasteiger partial charge in [-0.05, 0) is 60.5 Å². The summed E-state index contributed by atoms with van der Waals surface area (Å²) in [5.41, 5.74) is -0.959. The first-order valence-electron chi connectivity index (χ1n) is 14.2. The van der Waals surface area contributed by atoms with Gasteiger partial charge in [0.25, 0.3) is 5.91 Å². The van der Waals surface area contributed by atoms with E-state index in [1.807, 2.05) is 0 Å². The molecule has 3 N–H and O–H groups in total. The number of carbonyl (C=O) groups excluding carboxylic acids is 3. The van der Waals surface area contributed by atoms with Crippen LogP contribution in [-0.4, -0.2) is 67.9 Å². The molecule has 244 valence electrons. The molecule has 3 atom stereocenters. The van der Waals surface area contributed by atoms with Gasteiger partial charge in [0, 0.05) is 18.8 Å². The summed E-state index contributed by atoms with van der Waals surface area (Å²) >= 11 is 0.885. The second-order valence-corrected chi connectivity index (χ2v) is 13.4. The number of thiazole rings is 1. The molecule has 3 aromatic rings. The van der Waals surface area contributed by atoms with Crippen LogP contribution in [0.4, 0.5) is 29.1 Å². The van der Waals surface area contributed by atoms with Gasteiger partial charge in [-0.1, -0.05) is 11.3 Å². The zero-order chi connectivity index (χ0) is 33.1. The number of amides is 3. The number of aromatic nitrogens is 4. The predicted octanol–water partition coefficient (Wildman–Crippen LogP) is 5.76. The lowest BCUT2D eigenvalue weighted by Gasteiger charge is -2.24. The summed E-state index contributed by atoms with van der Waals surface area (Å²) < 4.78 is 47.5. The Morgan fingerprint density at radius 2 is 1.73 bits per heavy atom. The number of pyridine rings is 1.